The lowest BCUT2D eigenvalue weighted by atomic mass is 10.1. The van der Waals surface area contributed by atoms with Gasteiger partial charge < -0.3 is 8.94 Å². The Bertz CT molecular complexity index is 1040. The average molecular weight is 334 g/mol. The molecule has 0 radical (unpaired) electrons. The largest absolute Gasteiger partial charge is 0.423 e. The molecule has 0 amide bonds. The molecule has 2 heterocycles. The third-order valence-electron chi connectivity index (χ3n) is 3.44. The van der Waals surface area contributed by atoms with Gasteiger partial charge in [0.1, 0.15) is 11.3 Å². The number of aryl methyl sites for hydroxylation is 3. The summed E-state index contributed by atoms with van der Waals surface area (Å²) in [6.07, 6.45) is 0. The van der Waals surface area contributed by atoms with Crippen LogP contribution in [-0.4, -0.2) is 13.6 Å². The Labute approximate surface area is 132 Å². The Hall–Kier alpha value is -2.61. The Morgan fingerprint density at radius 2 is 1.87 bits per heavy atom. The maximum absolute atomic E-state index is 12.5. The maximum atomic E-state index is 12.5. The van der Waals surface area contributed by atoms with Crippen LogP contribution in [0.25, 0.3) is 11.0 Å². The van der Waals surface area contributed by atoms with Crippen LogP contribution in [0.1, 0.15) is 17.0 Å². The van der Waals surface area contributed by atoms with Gasteiger partial charge in [0.2, 0.25) is 0 Å². The highest BCUT2D eigenvalue weighted by molar-refractivity contribution is 7.92. The zero-order valence-electron chi connectivity index (χ0n) is 12.7. The summed E-state index contributed by atoms with van der Waals surface area (Å²) in [5.41, 5.74) is 1.15. The minimum absolute atomic E-state index is 0.00305. The van der Waals surface area contributed by atoms with Gasteiger partial charge in [-0.25, -0.2) is 13.2 Å². The second-order valence-electron chi connectivity index (χ2n) is 5.22. The van der Waals surface area contributed by atoms with Gasteiger partial charge in [-0.3, -0.25) is 4.72 Å². The minimum atomic E-state index is -3.85. The zero-order valence-corrected chi connectivity index (χ0v) is 13.5. The highest BCUT2D eigenvalue weighted by Crippen LogP contribution is 2.25. The van der Waals surface area contributed by atoms with E-state index in [9.17, 15) is 13.2 Å². The number of fused-ring (bicyclic) bond motifs is 1. The van der Waals surface area contributed by atoms with E-state index in [1.165, 1.54) is 19.1 Å². The van der Waals surface area contributed by atoms with Crippen molar-refractivity contribution in [1.82, 2.24) is 5.16 Å². The second kappa shape index (κ2) is 5.24. The van der Waals surface area contributed by atoms with E-state index < -0.39 is 15.6 Å². The van der Waals surface area contributed by atoms with E-state index in [1.54, 1.807) is 26.0 Å². The summed E-state index contributed by atoms with van der Waals surface area (Å²) >= 11 is 0. The monoisotopic (exact) mass is 334 g/mol. The summed E-state index contributed by atoms with van der Waals surface area (Å²) in [4.78, 5) is 11.5. The quantitative estimate of drug-likeness (QED) is 0.738. The molecule has 23 heavy (non-hydrogen) atoms. The molecule has 0 aliphatic carbocycles. The van der Waals surface area contributed by atoms with Crippen molar-refractivity contribution in [2.75, 3.05) is 4.72 Å². The molecule has 0 fully saturated rings. The first-order chi connectivity index (χ1) is 10.8. The molecule has 8 heteroatoms. The second-order valence-corrected chi connectivity index (χ2v) is 6.84. The van der Waals surface area contributed by atoms with Gasteiger partial charge in [-0.15, -0.1) is 0 Å². The highest BCUT2D eigenvalue weighted by Gasteiger charge is 2.24. The molecule has 0 spiro atoms. The predicted octanol–water partition coefficient (Wildman–Crippen LogP) is 2.51. The molecule has 2 aromatic heterocycles. The summed E-state index contributed by atoms with van der Waals surface area (Å²) in [5, 5.41) is 4.38. The molecule has 0 aliphatic heterocycles. The van der Waals surface area contributed by atoms with E-state index in [0.29, 0.717) is 5.58 Å². The maximum Gasteiger partial charge on any atom is 0.336 e. The molecule has 0 saturated heterocycles. The standard InChI is InChI=1S/C15H14N2O5S/c1-8-6-14(18)21-13-7-11(4-5-12(8)13)17-23(19,20)15-9(2)16-22-10(15)3/h4-7,17H,1-3H3. The van der Waals surface area contributed by atoms with E-state index in [1.807, 2.05) is 0 Å². The van der Waals surface area contributed by atoms with Crippen LogP contribution in [0.5, 0.6) is 0 Å². The number of benzene rings is 1. The van der Waals surface area contributed by atoms with Gasteiger partial charge in [-0.05, 0) is 38.5 Å². The lowest BCUT2D eigenvalue weighted by molar-refractivity contribution is 0.390. The Kier molecular flexibility index (Phi) is 3.48. The summed E-state index contributed by atoms with van der Waals surface area (Å²) in [6.45, 7) is 4.86. The van der Waals surface area contributed by atoms with Crippen molar-refractivity contribution in [3.8, 4) is 0 Å². The normalized spacial score (nSPS) is 11.8. The molecule has 120 valence electrons. The molecular weight excluding hydrogens is 320 g/mol. The third-order valence-corrected chi connectivity index (χ3v) is 5.06. The number of nitrogens with zero attached hydrogens (tertiary/aromatic N) is 1. The van der Waals surface area contributed by atoms with Crippen LogP contribution >= 0.6 is 0 Å². The molecule has 1 aromatic carbocycles. The van der Waals surface area contributed by atoms with Gasteiger partial charge in [-0.2, -0.15) is 0 Å². The highest BCUT2D eigenvalue weighted by atomic mass is 32.2. The lowest BCUT2D eigenvalue weighted by Crippen LogP contribution is -2.14. The van der Waals surface area contributed by atoms with Crippen molar-refractivity contribution >= 4 is 26.7 Å². The van der Waals surface area contributed by atoms with Gasteiger partial charge in [0.25, 0.3) is 10.0 Å². The zero-order chi connectivity index (χ0) is 16.8. The van der Waals surface area contributed by atoms with Crippen LogP contribution in [0.4, 0.5) is 5.69 Å². The van der Waals surface area contributed by atoms with Gasteiger partial charge in [0.05, 0.1) is 5.69 Å². The van der Waals surface area contributed by atoms with E-state index >= 15 is 0 Å². The van der Waals surface area contributed by atoms with E-state index in [2.05, 4.69) is 9.88 Å². The molecule has 0 bridgehead atoms. The molecule has 3 aromatic rings. The summed E-state index contributed by atoms with van der Waals surface area (Å²) in [7, 11) is -3.85. The van der Waals surface area contributed by atoms with E-state index in [4.69, 9.17) is 8.94 Å². The minimum Gasteiger partial charge on any atom is -0.423 e. The fourth-order valence-electron chi connectivity index (χ4n) is 2.45. The van der Waals surface area contributed by atoms with Crippen molar-refractivity contribution in [3.05, 3.63) is 51.7 Å². The van der Waals surface area contributed by atoms with E-state index in [-0.39, 0.29) is 22.0 Å². The first kappa shape index (κ1) is 15.3. The van der Waals surface area contributed by atoms with Gasteiger partial charge in [-0.1, -0.05) is 5.16 Å². The smallest absolute Gasteiger partial charge is 0.336 e. The van der Waals surface area contributed by atoms with Crippen molar-refractivity contribution in [2.45, 2.75) is 25.7 Å². The summed E-state index contributed by atoms with van der Waals surface area (Å²) in [5.74, 6) is 0.207. The Balaban J connectivity index is 2.06. The number of nitrogens with one attached hydrogen (secondary N) is 1. The lowest BCUT2D eigenvalue weighted by Gasteiger charge is -2.08. The van der Waals surface area contributed by atoms with Crippen LogP contribution in [0, 0.1) is 20.8 Å². The third kappa shape index (κ3) is 2.72. The number of hydrogen-bond acceptors (Lipinski definition) is 6. The average Bonchev–Trinajstić information content (AvgIpc) is 2.77. The molecule has 3 rings (SSSR count). The van der Waals surface area contributed by atoms with Crippen LogP contribution in [0.2, 0.25) is 0 Å². The number of aromatic nitrogens is 1. The fourth-order valence-corrected chi connectivity index (χ4v) is 3.83. The van der Waals surface area contributed by atoms with Crippen molar-refractivity contribution in [2.24, 2.45) is 0 Å². The Morgan fingerprint density at radius 3 is 2.52 bits per heavy atom. The SMILES string of the molecule is Cc1noc(C)c1S(=O)(=O)Nc1ccc2c(C)cc(=O)oc2c1. The van der Waals surface area contributed by atoms with Crippen LogP contribution < -0.4 is 10.3 Å². The van der Waals surface area contributed by atoms with Gasteiger partial charge >= 0.3 is 5.63 Å². The molecule has 0 atom stereocenters. The van der Waals surface area contributed by atoms with E-state index in [0.717, 1.165) is 10.9 Å². The molecule has 0 unspecified atom stereocenters. The van der Waals surface area contributed by atoms with Crippen molar-refractivity contribution in [1.29, 1.82) is 0 Å². The topological polar surface area (TPSA) is 102 Å². The van der Waals surface area contributed by atoms with Gasteiger partial charge in [0, 0.05) is 17.5 Å². The first-order valence-corrected chi connectivity index (χ1v) is 8.26. The summed E-state index contributed by atoms with van der Waals surface area (Å²) < 4.78 is 37.4. The number of rotatable bonds is 3. The number of hydrogen-bond donors (Lipinski definition) is 1. The van der Waals surface area contributed by atoms with Gasteiger partial charge in [0.15, 0.2) is 10.7 Å². The number of sulfonamides is 1. The Morgan fingerprint density at radius 1 is 1.13 bits per heavy atom. The van der Waals surface area contributed by atoms with Crippen molar-refractivity contribution < 1.29 is 17.4 Å². The fraction of sp³-hybridized carbons (Fsp3) is 0.200. The molecular formula is C15H14N2O5S. The molecule has 0 saturated carbocycles. The van der Waals surface area contributed by atoms with Crippen LogP contribution in [0.15, 0.2) is 42.9 Å². The van der Waals surface area contributed by atoms with Crippen molar-refractivity contribution in [3.63, 3.8) is 0 Å². The first-order valence-electron chi connectivity index (χ1n) is 6.78. The molecule has 7 nitrogen and oxygen atoms in total. The van der Waals surface area contributed by atoms with Crippen LogP contribution in [-0.2, 0) is 10.0 Å². The van der Waals surface area contributed by atoms with Crippen LogP contribution in [0.3, 0.4) is 0 Å². The predicted molar refractivity (Wildman–Crippen MR) is 84.0 cm³/mol. The molecule has 0 aliphatic rings. The molecule has 1 N–H and O–H groups in total. The summed E-state index contributed by atoms with van der Waals surface area (Å²) in [6, 6.07) is 6.15. The number of anilines is 1.